The molecule has 1 N–H and O–H groups in total. The molecule has 2 unspecified atom stereocenters. The molecule has 0 aliphatic heterocycles. The molecule has 0 aromatic carbocycles. The third-order valence-electron chi connectivity index (χ3n) is 3.35. The minimum absolute atomic E-state index is 0.431. The van der Waals surface area contributed by atoms with Crippen LogP contribution in [0.15, 0.2) is 0 Å². The summed E-state index contributed by atoms with van der Waals surface area (Å²) in [5, 5.41) is 3.45. The number of nitrogens with one attached hydrogen (secondary N) is 1. The summed E-state index contributed by atoms with van der Waals surface area (Å²) in [6.07, 6.45) is 7.02. The van der Waals surface area contributed by atoms with Gasteiger partial charge in [-0.15, -0.1) is 0 Å². The maximum atomic E-state index is 5.83. The summed E-state index contributed by atoms with van der Waals surface area (Å²) >= 11 is 0. The Bertz CT molecular complexity index is 139. The van der Waals surface area contributed by atoms with Crippen molar-refractivity contribution in [2.45, 2.75) is 58.1 Å². The molecule has 1 aliphatic carbocycles. The van der Waals surface area contributed by atoms with Crippen molar-refractivity contribution in [2.75, 3.05) is 13.7 Å². The van der Waals surface area contributed by atoms with Crippen molar-refractivity contribution in [3.05, 3.63) is 0 Å². The molecule has 0 aromatic heterocycles. The van der Waals surface area contributed by atoms with Gasteiger partial charge >= 0.3 is 0 Å². The molecule has 84 valence electrons. The van der Waals surface area contributed by atoms with Gasteiger partial charge in [-0.25, -0.2) is 0 Å². The van der Waals surface area contributed by atoms with E-state index in [1.54, 1.807) is 0 Å². The summed E-state index contributed by atoms with van der Waals surface area (Å²) in [5.41, 5.74) is 0. The molecule has 0 heterocycles. The molecule has 0 aromatic rings. The highest BCUT2D eigenvalue weighted by molar-refractivity contribution is 4.87. The molecule has 2 atom stereocenters. The first-order valence-electron chi connectivity index (χ1n) is 6.12. The van der Waals surface area contributed by atoms with E-state index < -0.39 is 0 Å². The van der Waals surface area contributed by atoms with Crippen LogP contribution in [0.4, 0.5) is 0 Å². The Labute approximate surface area is 88.4 Å². The third-order valence-corrected chi connectivity index (χ3v) is 3.35. The molecule has 0 amide bonds. The molecule has 14 heavy (non-hydrogen) atoms. The third kappa shape index (κ3) is 2.96. The maximum absolute atomic E-state index is 5.83. The maximum Gasteiger partial charge on any atom is 0.0730 e. The van der Waals surface area contributed by atoms with Gasteiger partial charge in [0.25, 0.3) is 0 Å². The SMILES string of the molecule is CCCC(OCC)C(NC)C1CCC1. The molecule has 0 saturated heterocycles. The molecule has 0 spiro atoms. The van der Waals surface area contributed by atoms with Gasteiger partial charge in [0.05, 0.1) is 6.10 Å². The quantitative estimate of drug-likeness (QED) is 0.680. The lowest BCUT2D eigenvalue weighted by Crippen LogP contribution is -2.47. The standard InChI is InChI=1S/C12H25NO/c1-4-7-11(14-5-2)12(13-3)10-8-6-9-10/h10-13H,4-9H2,1-3H3. The zero-order valence-electron chi connectivity index (χ0n) is 9.88. The Hall–Kier alpha value is -0.0800. The number of ether oxygens (including phenoxy) is 1. The van der Waals surface area contributed by atoms with Gasteiger partial charge in [0.2, 0.25) is 0 Å². The van der Waals surface area contributed by atoms with Gasteiger partial charge in [0.1, 0.15) is 0 Å². The number of hydrogen-bond donors (Lipinski definition) is 1. The summed E-state index contributed by atoms with van der Waals surface area (Å²) < 4.78 is 5.83. The average Bonchev–Trinajstić information content (AvgIpc) is 2.10. The number of hydrogen-bond acceptors (Lipinski definition) is 2. The van der Waals surface area contributed by atoms with Gasteiger partial charge in [0, 0.05) is 12.6 Å². The highest BCUT2D eigenvalue weighted by atomic mass is 16.5. The topological polar surface area (TPSA) is 21.3 Å². The fourth-order valence-corrected chi connectivity index (χ4v) is 2.39. The Morgan fingerprint density at radius 1 is 1.36 bits per heavy atom. The van der Waals surface area contributed by atoms with Crippen LogP contribution in [-0.2, 0) is 4.74 Å². The summed E-state index contributed by atoms with van der Waals surface area (Å²) in [4.78, 5) is 0. The van der Waals surface area contributed by atoms with Crippen LogP contribution in [-0.4, -0.2) is 25.8 Å². The highest BCUT2D eigenvalue weighted by Crippen LogP contribution is 2.32. The van der Waals surface area contributed by atoms with Crippen molar-refractivity contribution in [3.8, 4) is 0 Å². The number of likely N-dealkylation sites (N-methyl/N-ethyl adjacent to an activating group) is 1. The Kier molecular flexibility index (Phi) is 5.49. The highest BCUT2D eigenvalue weighted by Gasteiger charge is 2.31. The molecule has 1 rings (SSSR count). The van der Waals surface area contributed by atoms with Crippen LogP contribution in [0.25, 0.3) is 0 Å². The van der Waals surface area contributed by atoms with E-state index in [1.807, 2.05) is 0 Å². The van der Waals surface area contributed by atoms with Crippen molar-refractivity contribution >= 4 is 0 Å². The molecule has 0 bridgehead atoms. The molecule has 2 nitrogen and oxygen atoms in total. The van der Waals surface area contributed by atoms with Crippen molar-refractivity contribution in [2.24, 2.45) is 5.92 Å². The van der Waals surface area contributed by atoms with Gasteiger partial charge in [-0.1, -0.05) is 19.8 Å². The van der Waals surface area contributed by atoms with E-state index in [9.17, 15) is 0 Å². The minimum atomic E-state index is 0.431. The van der Waals surface area contributed by atoms with E-state index in [2.05, 4.69) is 26.2 Å². The second kappa shape index (κ2) is 6.41. The van der Waals surface area contributed by atoms with E-state index in [0.29, 0.717) is 12.1 Å². The summed E-state index contributed by atoms with van der Waals surface area (Å²) in [5.74, 6) is 0.864. The predicted octanol–water partition coefficient (Wildman–Crippen LogP) is 2.58. The fraction of sp³-hybridized carbons (Fsp3) is 1.00. The minimum Gasteiger partial charge on any atom is -0.377 e. The normalized spacial score (nSPS) is 21.6. The molecule has 1 aliphatic rings. The Morgan fingerprint density at radius 2 is 2.07 bits per heavy atom. The summed E-state index contributed by atoms with van der Waals surface area (Å²) in [6, 6.07) is 0.587. The zero-order valence-corrected chi connectivity index (χ0v) is 9.88. The Morgan fingerprint density at radius 3 is 2.43 bits per heavy atom. The van der Waals surface area contributed by atoms with Crippen LogP contribution >= 0.6 is 0 Å². The van der Waals surface area contributed by atoms with Crippen LogP contribution in [0.1, 0.15) is 46.0 Å². The second-order valence-electron chi connectivity index (χ2n) is 4.29. The van der Waals surface area contributed by atoms with Crippen LogP contribution in [0.2, 0.25) is 0 Å². The van der Waals surface area contributed by atoms with E-state index >= 15 is 0 Å². The molecular formula is C12H25NO. The van der Waals surface area contributed by atoms with Gasteiger partial charge in [-0.2, -0.15) is 0 Å². The first kappa shape index (κ1) is 12.0. The van der Waals surface area contributed by atoms with Gasteiger partial charge < -0.3 is 10.1 Å². The largest absolute Gasteiger partial charge is 0.377 e. The van der Waals surface area contributed by atoms with Crippen molar-refractivity contribution in [1.82, 2.24) is 5.32 Å². The summed E-state index contributed by atoms with van der Waals surface area (Å²) in [7, 11) is 2.07. The lowest BCUT2D eigenvalue weighted by molar-refractivity contribution is 0.00118. The van der Waals surface area contributed by atoms with Crippen LogP contribution in [0, 0.1) is 5.92 Å². The van der Waals surface area contributed by atoms with E-state index in [-0.39, 0.29) is 0 Å². The van der Waals surface area contributed by atoms with Crippen LogP contribution < -0.4 is 5.32 Å². The van der Waals surface area contributed by atoms with E-state index in [1.165, 1.54) is 32.1 Å². The average molecular weight is 199 g/mol. The van der Waals surface area contributed by atoms with Gasteiger partial charge in [0.15, 0.2) is 0 Å². The molecule has 1 fully saturated rings. The zero-order chi connectivity index (χ0) is 10.4. The van der Waals surface area contributed by atoms with Crippen LogP contribution in [0.5, 0.6) is 0 Å². The number of rotatable bonds is 7. The fourth-order valence-electron chi connectivity index (χ4n) is 2.39. The van der Waals surface area contributed by atoms with Gasteiger partial charge in [-0.05, 0) is 39.2 Å². The lowest BCUT2D eigenvalue weighted by atomic mass is 9.77. The van der Waals surface area contributed by atoms with E-state index in [0.717, 1.165) is 12.5 Å². The van der Waals surface area contributed by atoms with Crippen molar-refractivity contribution in [1.29, 1.82) is 0 Å². The monoisotopic (exact) mass is 199 g/mol. The molecular weight excluding hydrogens is 174 g/mol. The molecule has 2 heteroatoms. The molecule has 0 radical (unpaired) electrons. The van der Waals surface area contributed by atoms with Crippen molar-refractivity contribution in [3.63, 3.8) is 0 Å². The van der Waals surface area contributed by atoms with Crippen LogP contribution in [0.3, 0.4) is 0 Å². The molecule has 1 saturated carbocycles. The van der Waals surface area contributed by atoms with E-state index in [4.69, 9.17) is 4.74 Å². The Balaban J connectivity index is 2.43. The lowest BCUT2D eigenvalue weighted by Gasteiger charge is -2.38. The predicted molar refractivity (Wildman–Crippen MR) is 60.5 cm³/mol. The smallest absolute Gasteiger partial charge is 0.0730 e. The first-order chi connectivity index (χ1) is 6.83. The second-order valence-corrected chi connectivity index (χ2v) is 4.29. The van der Waals surface area contributed by atoms with Gasteiger partial charge in [-0.3, -0.25) is 0 Å². The van der Waals surface area contributed by atoms with Crippen molar-refractivity contribution < 1.29 is 4.74 Å². The summed E-state index contributed by atoms with van der Waals surface area (Å²) in [6.45, 7) is 5.17. The first-order valence-corrected chi connectivity index (χ1v) is 6.12.